The van der Waals surface area contributed by atoms with Gasteiger partial charge >= 0.3 is 26.2 Å². The van der Waals surface area contributed by atoms with Gasteiger partial charge in [-0.15, -0.1) is 37.7 Å². The molecule has 29 heavy (non-hydrogen) atoms. The van der Waals surface area contributed by atoms with Gasteiger partial charge in [0, 0.05) is 0 Å². The van der Waals surface area contributed by atoms with Crippen molar-refractivity contribution in [3.63, 3.8) is 0 Å². The van der Waals surface area contributed by atoms with E-state index in [9.17, 15) is 0 Å². The maximum absolute atomic E-state index is 3.36. The topological polar surface area (TPSA) is 0 Å². The summed E-state index contributed by atoms with van der Waals surface area (Å²) in [5, 5.41) is 0. The van der Waals surface area contributed by atoms with Gasteiger partial charge in [-0.05, 0) is 23.0 Å². The molecule has 2 aliphatic rings. The molecule has 0 heterocycles. The van der Waals surface area contributed by atoms with Crippen LogP contribution in [-0.4, -0.2) is 0 Å². The van der Waals surface area contributed by atoms with Crippen LogP contribution in [0.3, 0.4) is 0 Å². The van der Waals surface area contributed by atoms with Crippen LogP contribution in [0.15, 0.2) is 96.1 Å². The molecule has 0 N–H and O–H groups in total. The Labute approximate surface area is 207 Å². The summed E-state index contributed by atoms with van der Waals surface area (Å²) in [5.41, 5.74) is 5.39. The molecule has 0 amide bonds. The first-order chi connectivity index (χ1) is 12.8. The van der Waals surface area contributed by atoms with Crippen LogP contribution in [-0.2, 0) is 26.2 Å². The summed E-state index contributed by atoms with van der Waals surface area (Å²) >= 11 is 0. The zero-order valence-corrected chi connectivity index (χ0v) is 21.1. The summed E-state index contributed by atoms with van der Waals surface area (Å²) in [4.78, 5) is 0. The third kappa shape index (κ3) is 8.25. The molecule has 2 aromatic carbocycles. The third-order valence-electron chi connectivity index (χ3n) is 4.98. The molecule has 2 unspecified atom stereocenters. The Bertz CT molecular complexity index is 749. The van der Waals surface area contributed by atoms with E-state index in [2.05, 4.69) is 111 Å². The first kappa shape index (κ1) is 27.9. The Morgan fingerprint density at radius 1 is 0.621 bits per heavy atom. The van der Waals surface area contributed by atoms with E-state index < -0.39 is 0 Å². The Morgan fingerprint density at radius 3 is 1.24 bits per heavy atom. The van der Waals surface area contributed by atoms with E-state index in [4.69, 9.17) is 0 Å². The SMILES string of the molecule is CC(C1=[C-]CC=C1)c1ccccc1.CC(C1=[C-]CC=C1)c1ccccc1.Cl.Cl.[Zr+2]. The van der Waals surface area contributed by atoms with Crippen LogP contribution in [0.4, 0.5) is 0 Å². The average molecular weight is 503 g/mol. The quantitative estimate of drug-likeness (QED) is 0.374. The molecule has 150 valence electrons. The van der Waals surface area contributed by atoms with Crippen LogP contribution in [0.2, 0.25) is 0 Å². The summed E-state index contributed by atoms with van der Waals surface area (Å²) in [5.74, 6) is 0.972. The van der Waals surface area contributed by atoms with Gasteiger partial charge in [-0.1, -0.05) is 74.5 Å². The monoisotopic (exact) mass is 500 g/mol. The summed E-state index contributed by atoms with van der Waals surface area (Å²) in [6.45, 7) is 4.46. The van der Waals surface area contributed by atoms with Crippen molar-refractivity contribution in [2.24, 2.45) is 0 Å². The molecule has 4 rings (SSSR count). The molecule has 0 spiro atoms. The van der Waals surface area contributed by atoms with E-state index in [-0.39, 0.29) is 51.0 Å². The number of hydrogen-bond donors (Lipinski definition) is 0. The molecule has 2 aliphatic carbocycles. The van der Waals surface area contributed by atoms with Crippen molar-refractivity contribution in [2.75, 3.05) is 0 Å². The number of allylic oxidation sites excluding steroid dienone is 8. The third-order valence-corrected chi connectivity index (χ3v) is 4.98. The molecule has 2 aromatic rings. The van der Waals surface area contributed by atoms with E-state index in [1.807, 2.05) is 0 Å². The Kier molecular flexibility index (Phi) is 14.2. The van der Waals surface area contributed by atoms with Crippen LogP contribution >= 0.6 is 24.8 Å². The minimum Gasteiger partial charge on any atom is -0.269 e. The van der Waals surface area contributed by atoms with Gasteiger partial charge in [0.15, 0.2) is 0 Å². The molecule has 0 bridgehead atoms. The second kappa shape index (κ2) is 14.8. The van der Waals surface area contributed by atoms with E-state index >= 15 is 0 Å². The van der Waals surface area contributed by atoms with E-state index in [0.29, 0.717) is 11.8 Å². The zero-order chi connectivity index (χ0) is 18.2. The standard InChI is InChI=1S/2C13H13.2ClH.Zr/c2*1-11(13-9-5-6-10-13)12-7-3-2-4-8-12;;;/h2*2-5,7-9,11H,6H2,1H3;2*1H;/q2*-1;;;+2. The van der Waals surface area contributed by atoms with Crippen LogP contribution in [0.1, 0.15) is 49.7 Å². The minimum absolute atomic E-state index is 0. The molecule has 0 aromatic heterocycles. The van der Waals surface area contributed by atoms with Gasteiger partial charge in [-0.25, -0.2) is 23.3 Å². The Hall–Kier alpha value is -1.14. The van der Waals surface area contributed by atoms with Gasteiger partial charge in [0.2, 0.25) is 0 Å². The second-order valence-corrected chi connectivity index (χ2v) is 6.74. The smallest absolute Gasteiger partial charge is 0.269 e. The zero-order valence-electron chi connectivity index (χ0n) is 17.0. The number of benzene rings is 2. The second-order valence-electron chi connectivity index (χ2n) is 6.74. The first-order valence-corrected chi connectivity index (χ1v) is 9.40. The van der Waals surface area contributed by atoms with Crippen molar-refractivity contribution in [1.29, 1.82) is 0 Å². The van der Waals surface area contributed by atoms with Crippen molar-refractivity contribution in [3.8, 4) is 0 Å². The van der Waals surface area contributed by atoms with E-state index in [1.165, 1.54) is 22.3 Å². The van der Waals surface area contributed by atoms with Gasteiger partial charge in [0.25, 0.3) is 0 Å². The van der Waals surface area contributed by atoms with Gasteiger partial charge in [0.1, 0.15) is 0 Å². The maximum atomic E-state index is 3.36. The minimum atomic E-state index is 0. The summed E-state index contributed by atoms with van der Waals surface area (Å²) in [6.07, 6.45) is 17.4. The van der Waals surface area contributed by atoms with Gasteiger partial charge in [-0.2, -0.15) is 12.2 Å². The molecular formula is C26H28Cl2Zr. The van der Waals surface area contributed by atoms with Gasteiger partial charge < -0.3 is 0 Å². The van der Waals surface area contributed by atoms with Crippen molar-refractivity contribution < 1.29 is 26.2 Å². The molecular weight excluding hydrogens is 474 g/mol. The van der Waals surface area contributed by atoms with Crippen molar-refractivity contribution in [3.05, 3.63) is 119 Å². The molecule has 0 fully saturated rings. The van der Waals surface area contributed by atoms with Crippen LogP contribution < -0.4 is 0 Å². The summed E-state index contributed by atoms with van der Waals surface area (Å²) in [7, 11) is 0. The Balaban J connectivity index is 0.000000490. The Morgan fingerprint density at radius 2 is 0.966 bits per heavy atom. The average Bonchev–Trinajstić information content (AvgIpc) is 3.43. The fourth-order valence-corrected chi connectivity index (χ4v) is 3.28. The fraction of sp³-hybridized carbons (Fsp3) is 0.231. The maximum Gasteiger partial charge on any atom is 2.00 e. The number of halogens is 2. The molecule has 0 aliphatic heterocycles. The summed E-state index contributed by atoms with van der Waals surface area (Å²) in [6, 6.07) is 21.2. The van der Waals surface area contributed by atoms with Crippen LogP contribution in [0.25, 0.3) is 0 Å². The number of rotatable bonds is 4. The van der Waals surface area contributed by atoms with Crippen molar-refractivity contribution in [1.82, 2.24) is 0 Å². The normalized spacial score (nSPS) is 15.4. The summed E-state index contributed by atoms with van der Waals surface area (Å²) < 4.78 is 0. The van der Waals surface area contributed by atoms with E-state index in [1.54, 1.807) is 0 Å². The molecule has 2 atom stereocenters. The van der Waals surface area contributed by atoms with Crippen molar-refractivity contribution in [2.45, 2.75) is 38.5 Å². The van der Waals surface area contributed by atoms with Crippen molar-refractivity contribution >= 4 is 24.8 Å². The van der Waals surface area contributed by atoms with Crippen LogP contribution in [0, 0.1) is 12.2 Å². The molecule has 3 heteroatoms. The molecule has 0 radical (unpaired) electrons. The predicted octanol–water partition coefficient (Wildman–Crippen LogP) is 7.80. The van der Waals surface area contributed by atoms with Crippen LogP contribution in [0.5, 0.6) is 0 Å². The molecule has 0 nitrogen and oxygen atoms in total. The molecule has 0 saturated heterocycles. The number of hydrogen-bond acceptors (Lipinski definition) is 0. The fourth-order valence-electron chi connectivity index (χ4n) is 3.28. The molecule has 0 saturated carbocycles. The first-order valence-electron chi connectivity index (χ1n) is 9.40. The predicted molar refractivity (Wildman–Crippen MR) is 125 cm³/mol. The largest absolute Gasteiger partial charge is 2.00 e. The van der Waals surface area contributed by atoms with E-state index in [0.717, 1.165) is 12.8 Å². The van der Waals surface area contributed by atoms with Gasteiger partial charge in [-0.3, -0.25) is 12.2 Å². The van der Waals surface area contributed by atoms with Gasteiger partial charge in [0.05, 0.1) is 0 Å².